The van der Waals surface area contributed by atoms with E-state index < -0.39 is 12.1 Å². The van der Waals surface area contributed by atoms with Crippen molar-refractivity contribution in [2.75, 3.05) is 30.8 Å². The lowest BCUT2D eigenvalue weighted by Gasteiger charge is -2.35. The molecule has 0 aliphatic carbocycles. The summed E-state index contributed by atoms with van der Waals surface area (Å²) < 4.78 is 43.3. The summed E-state index contributed by atoms with van der Waals surface area (Å²) in [6.07, 6.45) is -3.42. The molecule has 1 heterocycles. The van der Waals surface area contributed by atoms with Crippen molar-refractivity contribution < 1.29 is 17.9 Å². The van der Waals surface area contributed by atoms with E-state index in [-0.39, 0.29) is 13.0 Å². The fourth-order valence-electron chi connectivity index (χ4n) is 2.41. The van der Waals surface area contributed by atoms with E-state index in [1.807, 2.05) is 0 Å². The van der Waals surface area contributed by atoms with Gasteiger partial charge in [0.05, 0.1) is 24.4 Å². The van der Waals surface area contributed by atoms with E-state index in [0.717, 1.165) is 0 Å². The second kappa shape index (κ2) is 5.19. The van der Waals surface area contributed by atoms with Gasteiger partial charge in [-0.15, -0.1) is 0 Å². The van der Waals surface area contributed by atoms with Crippen LogP contribution >= 0.6 is 0 Å². The summed E-state index contributed by atoms with van der Waals surface area (Å²) in [4.78, 5) is 1.70. The van der Waals surface area contributed by atoms with Crippen molar-refractivity contribution >= 4 is 11.4 Å². The first-order valence-corrected chi connectivity index (χ1v) is 6.17. The molecule has 1 fully saturated rings. The highest BCUT2D eigenvalue weighted by Gasteiger charge is 2.42. The van der Waals surface area contributed by atoms with Crippen LogP contribution in [0.3, 0.4) is 0 Å². The molecule has 2 N–H and O–H groups in total. The minimum atomic E-state index is -4.14. The number of hydrogen-bond acceptors (Lipinski definition) is 3. The molecule has 0 saturated carbocycles. The average Bonchev–Trinajstić information content (AvgIpc) is 2.37. The largest absolute Gasteiger partial charge is 0.497 e. The summed E-state index contributed by atoms with van der Waals surface area (Å²) >= 11 is 0. The summed E-state index contributed by atoms with van der Waals surface area (Å²) in [6.45, 7) is 0.573. The van der Waals surface area contributed by atoms with Gasteiger partial charge in [0.2, 0.25) is 0 Å². The zero-order chi connectivity index (χ0) is 14.0. The quantitative estimate of drug-likeness (QED) is 0.842. The molecule has 1 saturated heterocycles. The first-order valence-electron chi connectivity index (χ1n) is 6.17. The van der Waals surface area contributed by atoms with Crippen LogP contribution in [0.4, 0.5) is 24.5 Å². The molecule has 1 atom stereocenters. The fraction of sp³-hybridized carbons (Fsp3) is 0.538. The monoisotopic (exact) mass is 274 g/mol. The van der Waals surface area contributed by atoms with Crippen LogP contribution < -0.4 is 15.4 Å². The van der Waals surface area contributed by atoms with Gasteiger partial charge in [0.15, 0.2) is 0 Å². The lowest BCUT2D eigenvalue weighted by Crippen LogP contribution is -2.42. The maximum atomic E-state index is 12.8. The molecule has 1 aromatic carbocycles. The van der Waals surface area contributed by atoms with Gasteiger partial charge in [-0.25, -0.2) is 0 Å². The van der Waals surface area contributed by atoms with Crippen LogP contribution in [0.1, 0.15) is 12.8 Å². The lowest BCUT2D eigenvalue weighted by molar-refractivity contribution is -0.175. The van der Waals surface area contributed by atoms with Gasteiger partial charge in [-0.2, -0.15) is 13.2 Å². The van der Waals surface area contributed by atoms with Gasteiger partial charge in [-0.3, -0.25) is 0 Å². The highest BCUT2D eigenvalue weighted by molar-refractivity contribution is 5.69. The van der Waals surface area contributed by atoms with Crippen LogP contribution in [0.15, 0.2) is 18.2 Å². The summed E-state index contributed by atoms with van der Waals surface area (Å²) in [5.74, 6) is -0.673. The number of rotatable bonds is 2. The number of ether oxygens (including phenoxy) is 1. The van der Waals surface area contributed by atoms with Crippen molar-refractivity contribution in [1.29, 1.82) is 0 Å². The predicted octanol–water partition coefficient (Wildman–Crippen LogP) is 3.06. The highest BCUT2D eigenvalue weighted by atomic mass is 19.4. The summed E-state index contributed by atoms with van der Waals surface area (Å²) in [5.41, 5.74) is 6.97. The molecule has 3 nitrogen and oxygen atoms in total. The Morgan fingerprint density at radius 1 is 1.37 bits per heavy atom. The summed E-state index contributed by atoms with van der Waals surface area (Å²) in [5, 5.41) is 0. The van der Waals surface area contributed by atoms with Gasteiger partial charge < -0.3 is 15.4 Å². The Hall–Kier alpha value is -1.59. The van der Waals surface area contributed by atoms with Crippen LogP contribution in [-0.2, 0) is 0 Å². The molecule has 19 heavy (non-hydrogen) atoms. The Kier molecular flexibility index (Phi) is 3.78. The SMILES string of the molecule is COc1ccc(N2CCCC(C(F)(F)F)C2)c(N)c1. The molecule has 0 amide bonds. The molecule has 6 heteroatoms. The molecule has 0 bridgehead atoms. The van der Waals surface area contributed by atoms with Crippen molar-refractivity contribution in [2.24, 2.45) is 5.92 Å². The van der Waals surface area contributed by atoms with Gasteiger partial charge >= 0.3 is 6.18 Å². The Morgan fingerprint density at radius 2 is 2.11 bits per heavy atom. The number of nitrogens with zero attached hydrogens (tertiary/aromatic N) is 1. The molecule has 2 rings (SSSR count). The predicted molar refractivity (Wildman–Crippen MR) is 68.4 cm³/mol. The van der Waals surface area contributed by atoms with Crippen molar-refractivity contribution in [3.05, 3.63) is 18.2 Å². The Balaban J connectivity index is 2.17. The number of hydrogen-bond donors (Lipinski definition) is 1. The number of piperidine rings is 1. The molecule has 1 aromatic rings. The molecule has 0 radical (unpaired) electrons. The highest BCUT2D eigenvalue weighted by Crippen LogP contribution is 2.36. The number of nitrogen functional groups attached to an aromatic ring is 1. The molecule has 1 aliphatic rings. The average molecular weight is 274 g/mol. The van der Waals surface area contributed by atoms with E-state index in [4.69, 9.17) is 10.5 Å². The van der Waals surface area contributed by atoms with E-state index in [1.165, 1.54) is 7.11 Å². The maximum absolute atomic E-state index is 12.8. The third kappa shape index (κ3) is 3.05. The van der Waals surface area contributed by atoms with E-state index in [1.54, 1.807) is 23.1 Å². The fourth-order valence-corrected chi connectivity index (χ4v) is 2.41. The second-order valence-corrected chi connectivity index (χ2v) is 4.75. The number of halogens is 3. The van der Waals surface area contributed by atoms with Crippen LogP contribution in [0.2, 0.25) is 0 Å². The van der Waals surface area contributed by atoms with Gasteiger partial charge in [0, 0.05) is 19.2 Å². The maximum Gasteiger partial charge on any atom is 0.393 e. The standard InChI is InChI=1S/C13H17F3N2O/c1-19-10-4-5-12(11(17)7-10)18-6-2-3-9(8-18)13(14,15)16/h4-5,7,9H,2-3,6,8,17H2,1H3. The number of anilines is 2. The van der Waals surface area contributed by atoms with Gasteiger partial charge in [-0.1, -0.05) is 0 Å². The first kappa shape index (κ1) is 13.8. The first-order chi connectivity index (χ1) is 8.91. The van der Waals surface area contributed by atoms with Crippen LogP contribution in [-0.4, -0.2) is 26.4 Å². The van der Waals surface area contributed by atoms with E-state index in [2.05, 4.69) is 0 Å². The number of methoxy groups -OCH3 is 1. The minimum absolute atomic E-state index is 0.0277. The second-order valence-electron chi connectivity index (χ2n) is 4.75. The van der Waals surface area contributed by atoms with Gasteiger partial charge in [-0.05, 0) is 25.0 Å². The third-order valence-corrected chi connectivity index (χ3v) is 3.46. The Bertz CT molecular complexity index is 448. The van der Waals surface area contributed by atoms with Gasteiger partial charge in [0.1, 0.15) is 5.75 Å². The molecule has 0 spiro atoms. The Labute approximate surface area is 110 Å². The molecular weight excluding hydrogens is 257 g/mol. The van der Waals surface area contributed by atoms with E-state index in [9.17, 15) is 13.2 Å². The normalized spacial score (nSPS) is 20.4. The van der Waals surface area contributed by atoms with Crippen LogP contribution in [0.25, 0.3) is 0 Å². The van der Waals surface area contributed by atoms with Crippen LogP contribution in [0, 0.1) is 5.92 Å². The Morgan fingerprint density at radius 3 is 2.68 bits per heavy atom. The zero-order valence-corrected chi connectivity index (χ0v) is 10.7. The van der Waals surface area contributed by atoms with Crippen molar-refractivity contribution in [3.8, 4) is 5.75 Å². The number of alkyl halides is 3. The minimum Gasteiger partial charge on any atom is -0.497 e. The summed E-state index contributed by atoms with van der Waals surface area (Å²) in [7, 11) is 1.52. The van der Waals surface area contributed by atoms with Crippen LogP contribution in [0.5, 0.6) is 5.75 Å². The lowest BCUT2D eigenvalue weighted by atomic mass is 9.97. The molecular formula is C13H17F3N2O. The number of benzene rings is 1. The smallest absolute Gasteiger partial charge is 0.393 e. The van der Waals surface area contributed by atoms with Crippen molar-refractivity contribution in [1.82, 2.24) is 0 Å². The van der Waals surface area contributed by atoms with E-state index in [0.29, 0.717) is 30.1 Å². The number of nitrogens with two attached hydrogens (primary N) is 1. The van der Waals surface area contributed by atoms with Crippen molar-refractivity contribution in [3.63, 3.8) is 0 Å². The van der Waals surface area contributed by atoms with Gasteiger partial charge in [0.25, 0.3) is 0 Å². The zero-order valence-electron chi connectivity index (χ0n) is 10.7. The molecule has 1 unspecified atom stereocenters. The van der Waals surface area contributed by atoms with E-state index >= 15 is 0 Å². The summed E-state index contributed by atoms with van der Waals surface area (Å²) in [6, 6.07) is 5.06. The topological polar surface area (TPSA) is 38.5 Å². The molecule has 106 valence electrons. The molecule has 1 aliphatic heterocycles. The third-order valence-electron chi connectivity index (χ3n) is 3.46. The molecule has 0 aromatic heterocycles. The van der Waals surface area contributed by atoms with Crippen molar-refractivity contribution in [2.45, 2.75) is 19.0 Å².